The standard InChI is InChI=1S/C18H32O3/c1-2-14-17(19)15-12-10-8-6-4-3-5-7-9-11-13-16-18(20)21/h4,6,10,12,17,19H,2-3,5,7-9,11,13-16H2,1H3,(H,20,21)/b6-4+,12-10+. The van der Waals surface area contributed by atoms with Gasteiger partial charge in [0, 0.05) is 6.42 Å². The van der Waals surface area contributed by atoms with E-state index in [2.05, 4.69) is 31.2 Å². The van der Waals surface area contributed by atoms with Crippen LogP contribution in [-0.2, 0) is 4.79 Å². The fourth-order valence-electron chi connectivity index (χ4n) is 2.16. The van der Waals surface area contributed by atoms with Crippen molar-refractivity contribution in [3.63, 3.8) is 0 Å². The van der Waals surface area contributed by atoms with Gasteiger partial charge in [-0.15, -0.1) is 0 Å². The summed E-state index contributed by atoms with van der Waals surface area (Å²) >= 11 is 0. The molecule has 1 atom stereocenters. The van der Waals surface area contributed by atoms with Crippen LogP contribution < -0.4 is 0 Å². The Hall–Kier alpha value is -1.09. The van der Waals surface area contributed by atoms with Gasteiger partial charge in [-0.25, -0.2) is 0 Å². The minimum Gasteiger partial charge on any atom is -0.481 e. The van der Waals surface area contributed by atoms with Crippen molar-refractivity contribution in [3.8, 4) is 0 Å². The molecular formula is C18H32O3. The highest BCUT2D eigenvalue weighted by atomic mass is 16.4. The molecule has 0 amide bonds. The van der Waals surface area contributed by atoms with Crippen molar-refractivity contribution >= 4 is 5.97 Å². The Kier molecular flexibility index (Phi) is 14.5. The van der Waals surface area contributed by atoms with Gasteiger partial charge in [0.05, 0.1) is 6.10 Å². The molecule has 0 aliphatic carbocycles. The van der Waals surface area contributed by atoms with E-state index >= 15 is 0 Å². The highest BCUT2D eigenvalue weighted by Gasteiger charge is 1.97. The predicted molar refractivity (Wildman–Crippen MR) is 88.4 cm³/mol. The van der Waals surface area contributed by atoms with Crippen LogP contribution in [0.25, 0.3) is 0 Å². The van der Waals surface area contributed by atoms with Crippen LogP contribution in [0.2, 0.25) is 0 Å². The Morgan fingerprint density at radius 1 is 1.00 bits per heavy atom. The molecular weight excluding hydrogens is 264 g/mol. The van der Waals surface area contributed by atoms with E-state index in [1.165, 1.54) is 12.8 Å². The van der Waals surface area contributed by atoms with Gasteiger partial charge in [0.2, 0.25) is 0 Å². The van der Waals surface area contributed by atoms with Gasteiger partial charge in [-0.3, -0.25) is 4.79 Å². The Morgan fingerprint density at radius 2 is 1.67 bits per heavy atom. The summed E-state index contributed by atoms with van der Waals surface area (Å²) in [5, 5.41) is 18.0. The lowest BCUT2D eigenvalue weighted by molar-refractivity contribution is -0.137. The van der Waals surface area contributed by atoms with Gasteiger partial charge in [-0.1, -0.05) is 56.9 Å². The lowest BCUT2D eigenvalue weighted by atomic mass is 10.1. The molecule has 21 heavy (non-hydrogen) atoms. The average molecular weight is 296 g/mol. The number of carboxylic acids is 1. The third-order valence-electron chi connectivity index (χ3n) is 3.40. The van der Waals surface area contributed by atoms with E-state index in [4.69, 9.17) is 5.11 Å². The fourth-order valence-corrected chi connectivity index (χ4v) is 2.16. The maximum atomic E-state index is 10.3. The number of allylic oxidation sites excluding steroid dienone is 3. The lowest BCUT2D eigenvalue weighted by Crippen LogP contribution is -2.02. The van der Waals surface area contributed by atoms with Gasteiger partial charge >= 0.3 is 5.97 Å². The molecule has 2 N–H and O–H groups in total. The smallest absolute Gasteiger partial charge is 0.303 e. The molecule has 0 aromatic carbocycles. The van der Waals surface area contributed by atoms with E-state index < -0.39 is 5.97 Å². The molecule has 3 nitrogen and oxygen atoms in total. The second-order valence-electron chi connectivity index (χ2n) is 5.56. The molecule has 0 radical (unpaired) electrons. The second kappa shape index (κ2) is 15.3. The molecule has 0 saturated carbocycles. The first-order valence-corrected chi connectivity index (χ1v) is 8.36. The topological polar surface area (TPSA) is 57.5 Å². The summed E-state index contributed by atoms with van der Waals surface area (Å²) in [6, 6.07) is 0. The van der Waals surface area contributed by atoms with Crippen molar-refractivity contribution in [2.45, 2.75) is 83.7 Å². The zero-order valence-corrected chi connectivity index (χ0v) is 13.5. The number of aliphatic carboxylic acids is 1. The summed E-state index contributed by atoms with van der Waals surface area (Å²) in [4.78, 5) is 10.3. The molecule has 3 heteroatoms. The Morgan fingerprint density at radius 3 is 2.38 bits per heavy atom. The number of aliphatic hydroxyl groups excluding tert-OH is 1. The van der Waals surface area contributed by atoms with E-state index in [1.54, 1.807) is 0 Å². The monoisotopic (exact) mass is 296 g/mol. The minimum atomic E-state index is -0.687. The van der Waals surface area contributed by atoms with Crippen LogP contribution in [0.1, 0.15) is 77.6 Å². The van der Waals surface area contributed by atoms with Crippen LogP contribution in [0, 0.1) is 0 Å². The molecule has 122 valence electrons. The van der Waals surface area contributed by atoms with E-state index in [0.717, 1.165) is 51.4 Å². The number of carbonyl (C=O) groups is 1. The molecule has 0 saturated heterocycles. The average Bonchev–Trinajstić information content (AvgIpc) is 2.44. The summed E-state index contributed by atoms with van der Waals surface area (Å²) in [5.41, 5.74) is 0. The van der Waals surface area contributed by atoms with Gasteiger partial charge in [0.15, 0.2) is 0 Å². The molecule has 0 spiro atoms. The Bertz CT molecular complexity index is 295. The third kappa shape index (κ3) is 16.9. The first-order chi connectivity index (χ1) is 10.2. The van der Waals surface area contributed by atoms with Crippen LogP contribution in [0.4, 0.5) is 0 Å². The molecule has 0 aromatic heterocycles. The number of aliphatic hydroxyl groups is 1. The quantitative estimate of drug-likeness (QED) is 0.355. The number of carboxylic acid groups (broad SMARTS) is 1. The van der Waals surface area contributed by atoms with Crippen molar-refractivity contribution < 1.29 is 15.0 Å². The highest BCUT2D eigenvalue weighted by molar-refractivity contribution is 5.66. The van der Waals surface area contributed by atoms with Crippen LogP contribution in [0.15, 0.2) is 24.3 Å². The number of hydrogen-bond donors (Lipinski definition) is 2. The van der Waals surface area contributed by atoms with Crippen molar-refractivity contribution in [2.24, 2.45) is 0 Å². The highest BCUT2D eigenvalue weighted by Crippen LogP contribution is 2.08. The minimum absolute atomic E-state index is 0.184. The first-order valence-electron chi connectivity index (χ1n) is 8.36. The predicted octanol–water partition coefficient (Wildman–Crippen LogP) is 4.86. The van der Waals surface area contributed by atoms with Crippen molar-refractivity contribution in [2.75, 3.05) is 0 Å². The van der Waals surface area contributed by atoms with Crippen LogP contribution in [-0.4, -0.2) is 22.3 Å². The maximum absolute atomic E-state index is 10.3. The second-order valence-corrected chi connectivity index (χ2v) is 5.56. The van der Waals surface area contributed by atoms with Gasteiger partial charge in [-0.05, 0) is 38.5 Å². The van der Waals surface area contributed by atoms with E-state index in [1.807, 2.05) is 0 Å². The van der Waals surface area contributed by atoms with Gasteiger partial charge in [0.1, 0.15) is 0 Å². The summed E-state index contributed by atoms with van der Waals surface area (Å²) in [6.45, 7) is 2.09. The van der Waals surface area contributed by atoms with E-state index in [9.17, 15) is 9.90 Å². The zero-order valence-electron chi connectivity index (χ0n) is 13.5. The molecule has 0 bridgehead atoms. The normalized spacial score (nSPS) is 13.2. The van der Waals surface area contributed by atoms with Crippen LogP contribution >= 0.6 is 0 Å². The van der Waals surface area contributed by atoms with Crippen molar-refractivity contribution in [1.29, 1.82) is 0 Å². The molecule has 0 aliphatic rings. The third-order valence-corrected chi connectivity index (χ3v) is 3.40. The van der Waals surface area contributed by atoms with Gasteiger partial charge in [-0.2, -0.15) is 0 Å². The fraction of sp³-hybridized carbons (Fsp3) is 0.722. The summed E-state index contributed by atoms with van der Waals surface area (Å²) in [5.74, 6) is -0.687. The van der Waals surface area contributed by atoms with Crippen molar-refractivity contribution in [3.05, 3.63) is 24.3 Å². The Labute approximate surface area is 129 Å². The summed E-state index contributed by atoms with van der Waals surface area (Å²) in [6.07, 6.45) is 18.7. The van der Waals surface area contributed by atoms with E-state index in [0.29, 0.717) is 6.42 Å². The maximum Gasteiger partial charge on any atom is 0.303 e. The largest absolute Gasteiger partial charge is 0.481 e. The molecule has 0 rings (SSSR count). The van der Waals surface area contributed by atoms with E-state index in [-0.39, 0.29) is 6.10 Å². The van der Waals surface area contributed by atoms with Gasteiger partial charge in [0.25, 0.3) is 0 Å². The summed E-state index contributed by atoms with van der Waals surface area (Å²) in [7, 11) is 0. The molecule has 1 unspecified atom stereocenters. The first kappa shape index (κ1) is 19.9. The number of hydrogen-bond acceptors (Lipinski definition) is 2. The molecule has 0 aliphatic heterocycles. The zero-order chi connectivity index (χ0) is 15.8. The molecule has 0 heterocycles. The molecule has 0 aromatic rings. The van der Waals surface area contributed by atoms with Crippen molar-refractivity contribution in [1.82, 2.24) is 0 Å². The van der Waals surface area contributed by atoms with Gasteiger partial charge < -0.3 is 10.2 Å². The SMILES string of the molecule is CCCC(O)C/C=C/C/C=C/CCCCCCCC(=O)O. The number of unbranched alkanes of at least 4 members (excludes halogenated alkanes) is 5. The lowest BCUT2D eigenvalue weighted by Gasteiger charge is -2.03. The van der Waals surface area contributed by atoms with Crippen LogP contribution in [0.5, 0.6) is 0 Å². The van der Waals surface area contributed by atoms with Crippen LogP contribution in [0.3, 0.4) is 0 Å². The summed E-state index contributed by atoms with van der Waals surface area (Å²) < 4.78 is 0. The molecule has 0 fully saturated rings. The Balaban J connectivity index is 3.29. The number of rotatable bonds is 14.